The monoisotopic (exact) mass is 342 g/mol. The summed E-state index contributed by atoms with van der Waals surface area (Å²) in [7, 11) is 0. The SMILES string of the molecule is NC(=O)c1cnn2c([C@@H]3CCCN(Cc4cncs4)C3)ccnc12. The molecular weight excluding hydrogens is 324 g/mol. The molecule has 4 heterocycles. The van der Waals surface area contributed by atoms with Crippen LogP contribution in [0.3, 0.4) is 0 Å². The third-order valence-electron chi connectivity index (χ3n) is 4.48. The standard InChI is InChI=1S/C16H18N6OS/c17-15(23)13-7-20-22-14(3-4-19-16(13)22)11-2-1-5-21(8-11)9-12-6-18-10-24-12/h3-4,6-7,10-11H,1-2,5,8-9H2,(H2,17,23)/t11-/m1/s1. The van der Waals surface area contributed by atoms with Gasteiger partial charge in [0.1, 0.15) is 5.56 Å². The Morgan fingerprint density at radius 3 is 3.12 bits per heavy atom. The van der Waals surface area contributed by atoms with E-state index in [1.165, 1.54) is 11.1 Å². The number of likely N-dealkylation sites (tertiary alicyclic amines) is 1. The van der Waals surface area contributed by atoms with E-state index in [-0.39, 0.29) is 0 Å². The van der Waals surface area contributed by atoms with Crippen molar-refractivity contribution in [2.24, 2.45) is 5.73 Å². The number of hydrogen-bond acceptors (Lipinski definition) is 6. The number of nitrogens with zero attached hydrogens (tertiary/aromatic N) is 5. The first-order chi connectivity index (χ1) is 11.7. The van der Waals surface area contributed by atoms with Gasteiger partial charge in [0.25, 0.3) is 5.91 Å². The maximum atomic E-state index is 11.5. The molecule has 0 aliphatic carbocycles. The first-order valence-electron chi connectivity index (χ1n) is 7.94. The molecule has 24 heavy (non-hydrogen) atoms. The Labute approximate surface area is 143 Å². The van der Waals surface area contributed by atoms with Gasteiger partial charge in [-0.15, -0.1) is 11.3 Å². The molecule has 1 fully saturated rings. The Balaban J connectivity index is 1.61. The van der Waals surface area contributed by atoms with Gasteiger partial charge < -0.3 is 5.73 Å². The summed E-state index contributed by atoms with van der Waals surface area (Å²) in [5.74, 6) is -0.136. The number of carbonyl (C=O) groups excluding carboxylic acids is 1. The predicted octanol–water partition coefficient (Wildman–Crippen LogP) is 1.66. The molecule has 0 saturated carbocycles. The zero-order valence-corrected chi connectivity index (χ0v) is 13.9. The number of aromatic nitrogens is 4. The Morgan fingerprint density at radius 2 is 2.33 bits per heavy atom. The van der Waals surface area contributed by atoms with E-state index in [2.05, 4.69) is 20.0 Å². The molecule has 8 heteroatoms. The van der Waals surface area contributed by atoms with Crippen LogP contribution >= 0.6 is 11.3 Å². The zero-order valence-electron chi connectivity index (χ0n) is 13.1. The molecule has 3 aromatic heterocycles. The molecule has 0 bridgehead atoms. The predicted molar refractivity (Wildman–Crippen MR) is 90.9 cm³/mol. The van der Waals surface area contributed by atoms with Crippen molar-refractivity contribution in [3.63, 3.8) is 0 Å². The van der Waals surface area contributed by atoms with E-state index in [9.17, 15) is 4.79 Å². The third-order valence-corrected chi connectivity index (χ3v) is 5.25. The van der Waals surface area contributed by atoms with Crippen LogP contribution in [0.5, 0.6) is 0 Å². The van der Waals surface area contributed by atoms with Crippen LogP contribution in [0.2, 0.25) is 0 Å². The van der Waals surface area contributed by atoms with Gasteiger partial charge in [0.2, 0.25) is 0 Å². The van der Waals surface area contributed by atoms with Gasteiger partial charge in [0.15, 0.2) is 5.65 Å². The number of primary amides is 1. The number of rotatable bonds is 4. The molecule has 1 saturated heterocycles. The molecule has 3 aromatic rings. The summed E-state index contributed by atoms with van der Waals surface area (Å²) in [6.45, 7) is 2.98. The molecule has 0 spiro atoms. The van der Waals surface area contributed by atoms with E-state index < -0.39 is 5.91 Å². The van der Waals surface area contributed by atoms with Crippen molar-refractivity contribution in [1.82, 2.24) is 24.5 Å². The molecule has 1 amide bonds. The summed E-state index contributed by atoms with van der Waals surface area (Å²) in [5.41, 5.74) is 9.27. The summed E-state index contributed by atoms with van der Waals surface area (Å²) >= 11 is 1.69. The molecule has 4 rings (SSSR count). The van der Waals surface area contributed by atoms with E-state index in [0.717, 1.165) is 38.2 Å². The lowest BCUT2D eigenvalue weighted by molar-refractivity contribution is 0.100. The Morgan fingerprint density at radius 1 is 1.42 bits per heavy atom. The van der Waals surface area contributed by atoms with E-state index in [1.54, 1.807) is 22.0 Å². The molecule has 1 aliphatic rings. The van der Waals surface area contributed by atoms with Crippen molar-refractivity contribution in [3.05, 3.63) is 46.3 Å². The summed E-state index contributed by atoms with van der Waals surface area (Å²) < 4.78 is 1.76. The van der Waals surface area contributed by atoms with Gasteiger partial charge in [-0.05, 0) is 25.5 Å². The van der Waals surface area contributed by atoms with Crippen molar-refractivity contribution in [2.75, 3.05) is 13.1 Å². The maximum absolute atomic E-state index is 11.5. The lowest BCUT2D eigenvalue weighted by Gasteiger charge is -2.32. The van der Waals surface area contributed by atoms with E-state index in [4.69, 9.17) is 5.73 Å². The molecule has 0 unspecified atom stereocenters. The lowest BCUT2D eigenvalue weighted by atomic mass is 9.94. The largest absolute Gasteiger partial charge is 0.365 e. The van der Waals surface area contributed by atoms with Crippen molar-refractivity contribution in [3.8, 4) is 0 Å². The second kappa shape index (κ2) is 6.29. The highest BCUT2D eigenvalue weighted by atomic mass is 32.1. The van der Waals surface area contributed by atoms with Crippen LogP contribution in [0, 0.1) is 0 Å². The van der Waals surface area contributed by atoms with Crippen LogP contribution in [0.25, 0.3) is 5.65 Å². The minimum Gasteiger partial charge on any atom is -0.365 e. The molecule has 0 radical (unpaired) electrons. The number of piperidine rings is 1. The highest BCUT2D eigenvalue weighted by Gasteiger charge is 2.25. The zero-order chi connectivity index (χ0) is 16.5. The summed E-state index contributed by atoms with van der Waals surface area (Å²) in [6.07, 6.45) is 7.42. The number of amides is 1. The van der Waals surface area contributed by atoms with E-state index in [1.807, 2.05) is 17.8 Å². The minimum absolute atomic E-state index is 0.359. The second-order valence-electron chi connectivity index (χ2n) is 6.07. The third kappa shape index (κ3) is 2.78. The fourth-order valence-electron chi connectivity index (χ4n) is 3.37. The number of carbonyl (C=O) groups is 1. The van der Waals surface area contributed by atoms with E-state index in [0.29, 0.717) is 17.1 Å². The smallest absolute Gasteiger partial charge is 0.254 e. The van der Waals surface area contributed by atoms with Crippen molar-refractivity contribution >= 4 is 22.9 Å². The van der Waals surface area contributed by atoms with Crippen LogP contribution in [-0.2, 0) is 6.54 Å². The van der Waals surface area contributed by atoms with Gasteiger partial charge in [0.05, 0.1) is 17.4 Å². The fraction of sp³-hybridized carbons (Fsp3) is 0.375. The van der Waals surface area contributed by atoms with Gasteiger partial charge in [-0.3, -0.25) is 14.7 Å². The van der Waals surface area contributed by atoms with E-state index >= 15 is 0 Å². The Hall–Kier alpha value is -2.32. The number of thiazole rings is 1. The molecule has 2 N–H and O–H groups in total. The van der Waals surface area contributed by atoms with Gasteiger partial charge in [-0.25, -0.2) is 9.50 Å². The summed E-state index contributed by atoms with van der Waals surface area (Å²) in [4.78, 5) is 23.7. The number of hydrogen-bond donors (Lipinski definition) is 1. The summed E-state index contributed by atoms with van der Waals surface area (Å²) in [5, 5.41) is 4.34. The van der Waals surface area contributed by atoms with Gasteiger partial charge in [-0.1, -0.05) is 0 Å². The number of fused-ring (bicyclic) bond motifs is 1. The quantitative estimate of drug-likeness (QED) is 0.779. The molecule has 7 nitrogen and oxygen atoms in total. The molecule has 0 aromatic carbocycles. The first kappa shape index (κ1) is 15.2. The van der Waals surface area contributed by atoms with Gasteiger partial charge in [-0.2, -0.15) is 5.10 Å². The first-order valence-corrected chi connectivity index (χ1v) is 8.82. The van der Waals surface area contributed by atoms with Crippen LogP contribution in [-0.4, -0.2) is 43.5 Å². The Kier molecular flexibility index (Phi) is 3.99. The molecule has 1 atom stereocenters. The highest BCUT2D eigenvalue weighted by Crippen LogP contribution is 2.28. The topological polar surface area (TPSA) is 89.4 Å². The molecule has 1 aliphatic heterocycles. The van der Waals surface area contributed by atoms with Crippen LogP contribution in [0.1, 0.15) is 39.7 Å². The number of nitrogens with two attached hydrogens (primary N) is 1. The normalized spacial score (nSPS) is 18.9. The molecule has 124 valence electrons. The van der Waals surface area contributed by atoms with Crippen molar-refractivity contribution < 1.29 is 4.79 Å². The van der Waals surface area contributed by atoms with Gasteiger partial charge >= 0.3 is 0 Å². The van der Waals surface area contributed by atoms with Crippen LogP contribution < -0.4 is 5.73 Å². The minimum atomic E-state index is -0.495. The fourth-order valence-corrected chi connectivity index (χ4v) is 4.01. The average Bonchev–Trinajstić information content (AvgIpc) is 3.24. The molecular formula is C16H18N6OS. The lowest BCUT2D eigenvalue weighted by Crippen LogP contribution is -2.34. The maximum Gasteiger partial charge on any atom is 0.254 e. The Bertz CT molecular complexity index is 859. The van der Waals surface area contributed by atoms with Crippen LogP contribution in [0.4, 0.5) is 0 Å². The van der Waals surface area contributed by atoms with Gasteiger partial charge in [0, 0.05) is 36.3 Å². The van der Waals surface area contributed by atoms with Crippen molar-refractivity contribution in [2.45, 2.75) is 25.3 Å². The average molecular weight is 342 g/mol. The second-order valence-corrected chi connectivity index (χ2v) is 7.04. The van der Waals surface area contributed by atoms with Crippen LogP contribution in [0.15, 0.2) is 30.2 Å². The summed E-state index contributed by atoms with van der Waals surface area (Å²) in [6, 6.07) is 1.99. The van der Waals surface area contributed by atoms with Crippen molar-refractivity contribution in [1.29, 1.82) is 0 Å². The highest BCUT2D eigenvalue weighted by molar-refractivity contribution is 7.09.